The van der Waals surface area contributed by atoms with Crippen LogP contribution in [-0.4, -0.2) is 40.0 Å². The molecule has 0 bridgehead atoms. The number of hydrogen-bond donors (Lipinski definition) is 2. The summed E-state index contributed by atoms with van der Waals surface area (Å²) in [5.41, 5.74) is 7.42. The third-order valence-corrected chi connectivity index (χ3v) is 7.82. The van der Waals surface area contributed by atoms with Gasteiger partial charge in [0, 0.05) is 0 Å². The third kappa shape index (κ3) is 7.19. The number of benzene rings is 4. The van der Waals surface area contributed by atoms with Crippen LogP contribution in [0.1, 0.15) is 31.4 Å². The fourth-order valence-corrected chi connectivity index (χ4v) is 6.12. The minimum absolute atomic E-state index is 0.115. The minimum atomic E-state index is -0.375. The number of para-hydroxylation sites is 2. The maximum absolute atomic E-state index is 8.56. The topological polar surface area (TPSA) is 46.9 Å². The molecule has 1 aliphatic rings. The molecule has 0 radical (unpaired) electrons. The summed E-state index contributed by atoms with van der Waals surface area (Å²) in [6, 6.07) is 40.4. The molecule has 39 heavy (non-hydrogen) atoms. The summed E-state index contributed by atoms with van der Waals surface area (Å²) in [6.45, 7) is 7.85. The number of aliphatic hydroxyl groups is 2. The van der Waals surface area contributed by atoms with Gasteiger partial charge in [0.05, 0.1) is 12.2 Å². The van der Waals surface area contributed by atoms with Gasteiger partial charge < -0.3 is 10.2 Å². The van der Waals surface area contributed by atoms with Gasteiger partial charge in [-0.15, -0.1) is 0 Å². The predicted molar refractivity (Wildman–Crippen MR) is 163 cm³/mol. The first kappa shape index (κ1) is 29.1. The van der Waals surface area contributed by atoms with E-state index in [9.17, 15) is 0 Å². The van der Waals surface area contributed by atoms with E-state index in [1.54, 1.807) is 13.8 Å². The van der Waals surface area contributed by atoms with Crippen LogP contribution in [0.3, 0.4) is 0 Å². The average Bonchev–Trinajstić information content (AvgIpc) is 3.23. The van der Waals surface area contributed by atoms with E-state index >= 15 is 0 Å². The van der Waals surface area contributed by atoms with E-state index in [4.69, 9.17) is 10.2 Å². The van der Waals surface area contributed by atoms with E-state index in [2.05, 4.69) is 140 Å². The summed E-state index contributed by atoms with van der Waals surface area (Å²) in [5, 5.41) is 17.1. The number of hydrogen-bond acceptors (Lipinski definition) is 4. The Labute approximate surface area is 244 Å². The van der Waals surface area contributed by atoms with Crippen molar-refractivity contribution in [2.45, 2.75) is 46.3 Å². The Bertz CT molecular complexity index is 1230. The van der Waals surface area contributed by atoms with E-state index in [1.807, 2.05) is 12.1 Å². The fourth-order valence-electron chi connectivity index (χ4n) is 4.92. The van der Waals surface area contributed by atoms with Gasteiger partial charge in [-0.1, -0.05) is 0 Å². The quantitative estimate of drug-likeness (QED) is 0.236. The van der Waals surface area contributed by atoms with Crippen LogP contribution >= 0.6 is 0 Å². The number of anilines is 2. The Hall–Kier alpha value is -2.91. The van der Waals surface area contributed by atoms with Crippen molar-refractivity contribution in [1.29, 1.82) is 0 Å². The van der Waals surface area contributed by atoms with E-state index in [0.29, 0.717) is 6.42 Å². The van der Waals surface area contributed by atoms with Crippen LogP contribution in [0.5, 0.6) is 0 Å². The monoisotopic (exact) mass is 696 g/mol. The average molecular weight is 696 g/mol. The van der Waals surface area contributed by atoms with Crippen LogP contribution in [-0.2, 0) is 19.4 Å². The van der Waals surface area contributed by atoms with Crippen molar-refractivity contribution >= 4 is 39.9 Å². The Morgan fingerprint density at radius 2 is 1.18 bits per heavy atom. The van der Waals surface area contributed by atoms with Gasteiger partial charge in [-0.2, -0.15) is 0 Å². The molecule has 202 valence electrons. The maximum atomic E-state index is 8.56. The molecule has 1 saturated heterocycles. The molecular formula is C32H35B2N2O2Pt-. The number of nitrogens with zero attached hydrogens (tertiary/aromatic N) is 2. The van der Waals surface area contributed by atoms with Crippen molar-refractivity contribution in [3.63, 3.8) is 0 Å². The Balaban J connectivity index is 0.000000448. The van der Waals surface area contributed by atoms with Crippen molar-refractivity contribution in [3.05, 3.63) is 120 Å². The molecule has 0 amide bonds. The molecule has 1 heterocycles. The summed E-state index contributed by atoms with van der Waals surface area (Å²) in [7, 11) is 0. The number of aryl methyl sites for hydroxylation is 2. The number of rotatable bonds is 6. The fraction of sp³-hybridized carbons (Fsp3) is 0.219. The van der Waals surface area contributed by atoms with Gasteiger partial charge in [-0.25, -0.2) is 0 Å². The second-order valence-electron chi connectivity index (χ2n) is 10.2. The van der Waals surface area contributed by atoms with Gasteiger partial charge in [-0.05, 0) is 20.3 Å². The van der Waals surface area contributed by atoms with Crippen molar-refractivity contribution < 1.29 is 29.6 Å². The summed E-state index contributed by atoms with van der Waals surface area (Å²) in [6.07, 6.45) is -0.278. The van der Waals surface area contributed by atoms with Crippen molar-refractivity contribution in [1.82, 2.24) is 0 Å². The molecule has 0 aliphatic carbocycles. The molecule has 5 rings (SSSR count). The molecule has 1 fully saturated rings. The van der Waals surface area contributed by atoms with Crippen molar-refractivity contribution in [2.75, 3.05) is 9.62 Å². The first-order valence-electron chi connectivity index (χ1n) is 13.3. The second-order valence-corrected chi connectivity index (χ2v) is 11.2. The third-order valence-electron chi connectivity index (χ3n) is 6.73. The molecule has 0 aromatic heterocycles. The van der Waals surface area contributed by atoms with Crippen LogP contribution in [0, 0.1) is 19.9 Å². The molecule has 2 N–H and O–H groups in total. The Kier molecular flexibility index (Phi) is 10.0. The first-order valence-corrected chi connectivity index (χ1v) is 14.5. The first-order chi connectivity index (χ1) is 18.8. The molecule has 4 nitrogen and oxygen atoms in total. The van der Waals surface area contributed by atoms with Crippen LogP contribution in [0.2, 0.25) is 0 Å². The summed E-state index contributed by atoms with van der Waals surface area (Å²) in [4.78, 5) is 4.90. The van der Waals surface area contributed by atoms with E-state index < -0.39 is 0 Å². The molecule has 2 unspecified atom stereocenters. The van der Waals surface area contributed by atoms with Crippen molar-refractivity contribution in [2.24, 2.45) is 0 Å². The van der Waals surface area contributed by atoms with E-state index in [1.165, 1.54) is 31.9 Å². The number of aliphatic hydroxyl groups excluding tert-OH is 2. The van der Waals surface area contributed by atoms with Gasteiger partial charge in [0.1, 0.15) is 0 Å². The van der Waals surface area contributed by atoms with Gasteiger partial charge in [-0.3, -0.25) is 0 Å². The van der Waals surface area contributed by atoms with Crippen LogP contribution < -0.4 is 20.5 Å². The van der Waals surface area contributed by atoms with Gasteiger partial charge in [0.15, 0.2) is 0 Å². The Morgan fingerprint density at radius 3 is 1.62 bits per heavy atom. The van der Waals surface area contributed by atoms with Crippen LogP contribution in [0.4, 0.5) is 11.4 Å². The molecule has 4 aromatic rings. The molecule has 7 heteroatoms. The second kappa shape index (κ2) is 13.4. The van der Waals surface area contributed by atoms with Crippen LogP contribution in [0.25, 0.3) is 0 Å². The molecule has 2 atom stereocenters. The van der Waals surface area contributed by atoms with Crippen LogP contribution in [0.15, 0.2) is 103 Å². The van der Waals surface area contributed by atoms with Gasteiger partial charge in [0.25, 0.3) is 0 Å². The summed E-state index contributed by atoms with van der Waals surface area (Å²) >= 11 is 2.49. The predicted octanol–water partition coefficient (Wildman–Crippen LogP) is 4.08. The zero-order valence-corrected chi connectivity index (χ0v) is 25.2. The SMILES string of the molecule is CC(O)CC(C)O.Cc1ccc(B2B(c3ccc(C)cc3)N(c3ccccc3)[C](=[Pt])N2c2[c-]cccc2)cc1. The molecule has 1 aliphatic heterocycles. The normalized spacial score (nSPS) is 14.7. The summed E-state index contributed by atoms with van der Waals surface area (Å²) < 4.78 is 1.18. The van der Waals surface area contributed by atoms with E-state index in [-0.39, 0.29) is 25.7 Å². The Morgan fingerprint density at radius 1 is 0.692 bits per heavy atom. The standard InChI is InChI=1S/C27H23B2N2.C5H12O2.Pt/c1-22-13-17-24(18-14-22)28-29(25-19-15-23(2)16-20-25)31(27-11-7-4-8-12-27)21-30(28)26-9-5-3-6-10-26;1-4(6)3-5(2)7;/h3-11,13-20H,1-2H3;4-7H,3H2,1-2H3;/q-1;;. The van der Waals surface area contributed by atoms with Crippen molar-refractivity contribution in [3.8, 4) is 0 Å². The van der Waals surface area contributed by atoms with Gasteiger partial charge >= 0.3 is 203 Å². The molecule has 4 aromatic carbocycles. The summed E-state index contributed by atoms with van der Waals surface area (Å²) in [5.74, 6) is 0. The molecule has 0 saturated carbocycles. The van der Waals surface area contributed by atoms with E-state index in [0.717, 1.165) is 5.69 Å². The zero-order chi connectivity index (χ0) is 27.9. The molecule has 0 spiro atoms. The zero-order valence-electron chi connectivity index (χ0n) is 22.9. The van der Waals surface area contributed by atoms with Gasteiger partial charge in [0.2, 0.25) is 0 Å². The molecular weight excluding hydrogens is 661 g/mol.